The van der Waals surface area contributed by atoms with Crippen LogP contribution in [0.1, 0.15) is 19.3 Å². The quantitative estimate of drug-likeness (QED) is 0.805. The van der Waals surface area contributed by atoms with Gasteiger partial charge in [-0.05, 0) is 31.7 Å². The zero-order valence-corrected chi connectivity index (χ0v) is 9.39. The second kappa shape index (κ2) is 4.66. The van der Waals surface area contributed by atoms with Crippen LogP contribution in [0.15, 0.2) is 12.4 Å². The van der Waals surface area contributed by atoms with Gasteiger partial charge in [-0.3, -0.25) is 0 Å². The molecule has 2 rings (SSSR count). The molecule has 2 heterocycles. The van der Waals surface area contributed by atoms with E-state index in [9.17, 15) is 0 Å². The van der Waals surface area contributed by atoms with Gasteiger partial charge < -0.3 is 15.2 Å². The molecule has 1 aromatic rings. The molecule has 0 bridgehead atoms. The Bertz CT molecular complexity index is 305. The normalized spacial score (nSPS) is 22.0. The Morgan fingerprint density at radius 1 is 1.60 bits per heavy atom. The monoisotopic (exact) mass is 208 g/mol. The summed E-state index contributed by atoms with van der Waals surface area (Å²) >= 11 is 0. The average Bonchev–Trinajstić information content (AvgIpc) is 2.65. The lowest BCUT2D eigenvalue weighted by molar-refractivity contribution is 0.391. The van der Waals surface area contributed by atoms with Crippen molar-refractivity contribution in [1.82, 2.24) is 9.55 Å². The molecule has 1 fully saturated rings. The maximum atomic E-state index is 5.61. The maximum absolute atomic E-state index is 5.61. The van der Waals surface area contributed by atoms with E-state index in [0.717, 1.165) is 37.9 Å². The van der Waals surface area contributed by atoms with E-state index in [1.165, 1.54) is 12.8 Å². The van der Waals surface area contributed by atoms with Crippen molar-refractivity contribution in [2.75, 3.05) is 24.5 Å². The highest BCUT2D eigenvalue weighted by Crippen LogP contribution is 2.22. The molecule has 15 heavy (non-hydrogen) atoms. The van der Waals surface area contributed by atoms with Crippen LogP contribution < -0.4 is 10.6 Å². The highest BCUT2D eigenvalue weighted by molar-refractivity contribution is 5.31. The molecule has 0 radical (unpaired) electrons. The van der Waals surface area contributed by atoms with Gasteiger partial charge in [0, 0.05) is 32.5 Å². The van der Waals surface area contributed by atoms with E-state index in [0.29, 0.717) is 0 Å². The first-order chi connectivity index (χ1) is 7.31. The topological polar surface area (TPSA) is 47.1 Å². The molecular formula is C11H20N4. The Balaban J connectivity index is 2.01. The molecule has 4 nitrogen and oxygen atoms in total. The van der Waals surface area contributed by atoms with Crippen LogP contribution in [0.5, 0.6) is 0 Å². The fraction of sp³-hybridized carbons (Fsp3) is 0.727. The van der Waals surface area contributed by atoms with E-state index >= 15 is 0 Å². The predicted octanol–water partition coefficient (Wildman–Crippen LogP) is 0.985. The van der Waals surface area contributed by atoms with Crippen LogP contribution in [0.3, 0.4) is 0 Å². The van der Waals surface area contributed by atoms with Crippen molar-refractivity contribution in [1.29, 1.82) is 0 Å². The Hall–Kier alpha value is -1.03. The van der Waals surface area contributed by atoms with Crippen molar-refractivity contribution >= 4 is 5.95 Å². The Kier molecular flexibility index (Phi) is 3.26. The van der Waals surface area contributed by atoms with Gasteiger partial charge in [0.05, 0.1) is 0 Å². The summed E-state index contributed by atoms with van der Waals surface area (Å²) in [5, 5.41) is 0. The van der Waals surface area contributed by atoms with Gasteiger partial charge in [0.2, 0.25) is 5.95 Å². The maximum Gasteiger partial charge on any atom is 0.205 e. The third kappa shape index (κ3) is 2.31. The predicted molar refractivity (Wildman–Crippen MR) is 61.8 cm³/mol. The van der Waals surface area contributed by atoms with Crippen molar-refractivity contribution in [2.24, 2.45) is 18.7 Å². The highest BCUT2D eigenvalue weighted by Gasteiger charge is 2.21. The van der Waals surface area contributed by atoms with Gasteiger partial charge in [-0.1, -0.05) is 0 Å². The average molecular weight is 208 g/mol. The van der Waals surface area contributed by atoms with Crippen molar-refractivity contribution in [3.63, 3.8) is 0 Å². The molecule has 1 aromatic heterocycles. The minimum atomic E-state index is 0.750. The molecule has 1 unspecified atom stereocenters. The summed E-state index contributed by atoms with van der Waals surface area (Å²) < 4.78 is 2.09. The van der Waals surface area contributed by atoms with Crippen molar-refractivity contribution in [3.05, 3.63) is 12.4 Å². The number of aromatic nitrogens is 2. The van der Waals surface area contributed by atoms with E-state index in [1.807, 2.05) is 12.4 Å². The van der Waals surface area contributed by atoms with E-state index in [2.05, 4.69) is 21.5 Å². The molecule has 4 heteroatoms. The third-order valence-electron chi connectivity index (χ3n) is 3.17. The molecule has 0 amide bonds. The van der Waals surface area contributed by atoms with Crippen LogP contribution in [-0.4, -0.2) is 29.2 Å². The van der Waals surface area contributed by atoms with E-state index in [4.69, 9.17) is 5.73 Å². The van der Waals surface area contributed by atoms with Crippen LogP contribution in [0.2, 0.25) is 0 Å². The molecule has 0 spiro atoms. The zero-order valence-electron chi connectivity index (χ0n) is 9.39. The minimum absolute atomic E-state index is 0.750. The number of aryl methyl sites for hydroxylation is 1. The van der Waals surface area contributed by atoms with E-state index < -0.39 is 0 Å². The summed E-state index contributed by atoms with van der Waals surface area (Å²) in [7, 11) is 2.05. The highest BCUT2D eigenvalue weighted by atomic mass is 15.3. The number of anilines is 1. The van der Waals surface area contributed by atoms with Gasteiger partial charge in [0.15, 0.2) is 0 Å². The smallest absolute Gasteiger partial charge is 0.205 e. The molecule has 84 valence electrons. The fourth-order valence-corrected chi connectivity index (χ4v) is 2.38. The van der Waals surface area contributed by atoms with Gasteiger partial charge in [-0.15, -0.1) is 0 Å². The van der Waals surface area contributed by atoms with E-state index in [1.54, 1.807) is 0 Å². The fourth-order valence-electron chi connectivity index (χ4n) is 2.38. The molecule has 1 aliphatic heterocycles. The molecule has 1 atom stereocenters. The standard InChI is InChI=1S/C11H20N4/c1-14-8-6-13-11(14)15-7-2-3-10(9-15)4-5-12/h6,8,10H,2-5,7,9,12H2,1H3. The lowest BCUT2D eigenvalue weighted by atomic mass is 9.95. The van der Waals surface area contributed by atoms with Gasteiger partial charge >= 0.3 is 0 Å². The Morgan fingerprint density at radius 2 is 2.47 bits per heavy atom. The lowest BCUT2D eigenvalue weighted by Gasteiger charge is -2.33. The summed E-state index contributed by atoms with van der Waals surface area (Å²) in [4.78, 5) is 6.77. The molecule has 0 aromatic carbocycles. The first kappa shape index (κ1) is 10.5. The summed E-state index contributed by atoms with van der Waals surface area (Å²) in [5.41, 5.74) is 5.61. The summed E-state index contributed by atoms with van der Waals surface area (Å²) in [6.07, 6.45) is 7.58. The second-order valence-electron chi connectivity index (χ2n) is 4.37. The van der Waals surface area contributed by atoms with Gasteiger partial charge in [0.1, 0.15) is 0 Å². The molecule has 1 saturated heterocycles. The number of rotatable bonds is 3. The Labute approximate surface area is 91.1 Å². The molecular weight excluding hydrogens is 188 g/mol. The summed E-state index contributed by atoms with van der Waals surface area (Å²) in [6, 6.07) is 0. The van der Waals surface area contributed by atoms with Crippen LogP contribution in [0.25, 0.3) is 0 Å². The first-order valence-electron chi connectivity index (χ1n) is 5.73. The number of nitrogens with two attached hydrogens (primary N) is 1. The van der Waals surface area contributed by atoms with Gasteiger partial charge in [-0.25, -0.2) is 4.98 Å². The van der Waals surface area contributed by atoms with Crippen LogP contribution in [-0.2, 0) is 7.05 Å². The lowest BCUT2D eigenvalue weighted by Crippen LogP contribution is -2.37. The number of nitrogens with zero attached hydrogens (tertiary/aromatic N) is 3. The second-order valence-corrected chi connectivity index (χ2v) is 4.37. The molecule has 0 saturated carbocycles. The summed E-state index contributed by atoms with van der Waals surface area (Å²) in [5.74, 6) is 1.84. The van der Waals surface area contributed by atoms with Crippen LogP contribution >= 0.6 is 0 Å². The first-order valence-corrected chi connectivity index (χ1v) is 5.73. The number of hydrogen-bond acceptors (Lipinski definition) is 3. The SMILES string of the molecule is Cn1ccnc1N1CCCC(CCN)C1. The van der Waals surface area contributed by atoms with Gasteiger partial charge in [-0.2, -0.15) is 0 Å². The van der Waals surface area contributed by atoms with E-state index in [-0.39, 0.29) is 0 Å². The largest absolute Gasteiger partial charge is 0.342 e. The Morgan fingerprint density at radius 3 is 3.13 bits per heavy atom. The van der Waals surface area contributed by atoms with Crippen molar-refractivity contribution in [2.45, 2.75) is 19.3 Å². The molecule has 0 aliphatic carbocycles. The molecule has 2 N–H and O–H groups in total. The van der Waals surface area contributed by atoms with Crippen molar-refractivity contribution < 1.29 is 0 Å². The number of imidazole rings is 1. The van der Waals surface area contributed by atoms with Crippen molar-refractivity contribution in [3.8, 4) is 0 Å². The van der Waals surface area contributed by atoms with Crippen LogP contribution in [0.4, 0.5) is 5.95 Å². The molecule has 1 aliphatic rings. The third-order valence-corrected chi connectivity index (χ3v) is 3.17. The zero-order chi connectivity index (χ0) is 10.7. The number of hydrogen-bond donors (Lipinski definition) is 1. The van der Waals surface area contributed by atoms with Gasteiger partial charge in [0.25, 0.3) is 0 Å². The summed E-state index contributed by atoms with van der Waals surface area (Å²) in [6.45, 7) is 3.05. The minimum Gasteiger partial charge on any atom is -0.342 e. The van der Waals surface area contributed by atoms with Crippen LogP contribution in [0, 0.1) is 5.92 Å². The number of piperidine rings is 1.